The summed E-state index contributed by atoms with van der Waals surface area (Å²) in [6.45, 7) is 13.0. The van der Waals surface area contributed by atoms with Crippen LogP contribution in [0.5, 0.6) is 0 Å². The van der Waals surface area contributed by atoms with Crippen LogP contribution < -0.4 is 5.19 Å². The van der Waals surface area contributed by atoms with Gasteiger partial charge in [0.05, 0.1) is 13.8 Å². The predicted molar refractivity (Wildman–Crippen MR) is 117 cm³/mol. The third-order valence-corrected chi connectivity index (χ3v) is 6.88. The van der Waals surface area contributed by atoms with E-state index >= 15 is 0 Å². The zero-order valence-corrected chi connectivity index (χ0v) is 17.7. The molecule has 3 aromatic rings. The molecule has 1 aromatic heterocycles. The van der Waals surface area contributed by atoms with Gasteiger partial charge in [0.2, 0.25) is 0 Å². The minimum atomic E-state index is -1.57. The van der Waals surface area contributed by atoms with Gasteiger partial charge < -0.3 is 0 Å². The molecule has 0 spiro atoms. The molecule has 3 rings (SSSR count). The summed E-state index contributed by atoms with van der Waals surface area (Å²) in [4.78, 5) is 4.81. The average molecular weight is 361 g/mol. The van der Waals surface area contributed by atoms with E-state index in [9.17, 15) is 0 Å². The minimum absolute atomic E-state index is 0.639. The molecule has 0 bridgehead atoms. The van der Waals surface area contributed by atoms with Gasteiger partial charge in [-0.05, 0) is 52.4 Å². The minimum Gasteiger partial charge on any atom is -0.256 e. The third-order valence-electron chi connectivity index (χ3n) is 4.87. The second-order valence-electron chi connectivity index (χ2n) is 8.26. The van der Waals surface area contributed by atoms with Crippen LogP contribution in [-0.2, 0) is 0 Å². The van der Waals surface area contributed by atoms with Crippen molar-refractivity contribution in [2.75, 3.05) is 0 Å². The smallest absolute Gasteiger partial charge is 0.0799 e. The summed E-state index contributed by atoms with van der Waals surface area (Å²) < 4.78 is 8.66. The van der Waals surface area contributed by atoms with E-state index in [1.54, 1.807) is 0 Å². The molecule has 2 heteroatoms. The molecule has 0 saturated carbocycles. The fourth-order valence-corrected chi connectivity index (χ4v) is 4.92. The number of nitrogens with zero attached hydrogens (tertiary/aromatic N) is 1. The Kier molecular flexibility index (Phi) is 4.77. The molecule has 0 aliphatic heterocycles. The highest BCUT2D eigenvalue weighted by atomic mass is 28.3. The van der Waals surface area contributed by atoms with Crippen LogP contribution >= 0.6 is 0 Å². The van der Waals surface area contributed by atoms with Gasteiger partial charge in [0.25, 0.3) is 0 Å². The normalized spacial score (nSPS) is 12.8. The Morgan fingerprint density at radius 2 is 1.62 bits per heavy atom. The maximum absolute atomic E-state index is 8.66. The highest BCUT2D eigenvalue weighted by Crippen LogP contribution is 2.29. The summed E-state index contributed by atoms with van der Waals surface area (Å²) in [6.07, 6.45) is 2.02. The third kappa shape index (κ3) is 3.81. The second-order valence-corrected chi connectivity index (χ2v) is 13.3. The molecule has 0 amide bonds. The van der Waals surface area contributed by atoms with Crippen molar-refractivity contribution >= 4 is 13.3 Å². The molecule has 0 fully saturated rings. The molecule has 0 aliphatic carbocycles. The Labute approximate surface area is 160 Å². The SMILES string of the molecule is [2H]C(C)(C)c1cc(-c2ccc(C)c(-c3ccccc3)c2)ncc1[Si](C)(C)C. The van der Waals surface area contributed by atoms with E-state index < -0.39 is 14.0 Å². The van der Waals surface area contributed by atoms with Crippen molar-refractivity contribution in [3.05, 3.63) is 71.9 Å². The zero-order valence-electron chi connectivity index (χ0n) is 17.7. The van der Waals surface area contributed by atoms with Gasteiger partial charge in [0.15, 0.2) is 0 Å². The summed E-state index contributed by atoms with van der Waals surface area (Å²) >= 11 is 0. The van der Waals surface area contributed by atoms with Crippen molar-refractivity contribution in [3.8, 4) is 22.4 Å². The monoisotopic (exact) mass is 360 g/mol. The Balaban J connectivity index is 2.15. The molecule has 0 radical (unpaired) electrons. The average Bonchev–Trinajstić information content (AvgIpc) is 2.61. The first kappa shape index (κ1) is 17.2. The van der Waals surface area contributed by atoms with E-state index in [0.717, 1.165) is 16.8 Å². The van der Waals surface area contributed by atoms with Gasteiger partial charge in [-0.1, -0.05) is 76.0 Å². The van der Waals surface area contributed by atoms with E-state index in [1.165, 1.54) is 21.9 Å². The number of benzene rings is 2. The Bertz CT molecular complexity index is 950. The van der Waals surface area contributed by atoms with Gasteiger partial charge in [-0.15, -0.1) is 0 Å². The van der Waals surface area contributed by atoms with Gasteiger partial charge in [0.1, 0.15) is 0 Å². The van der Waals surface area contributed by atoms with Crippen LogP contribution in [-0.4, -0.2) is 13.1 Å². The first-order valence-corrected chi connectivity index (χ1v) is 12.7. The number of pyridine rings is 1. The Morgan fingerprint density at radius 3 is 2.23 bits per heavy atom. The molecule has 1 nitrogen and oxygen atoms in total. The fourth-order valence-electron chi connectivity index (χ4n) is 3.33. The summed E-state index contributed by atoms with van der Waals surface area (Å²) in [5.41, 5.74) is 6.86. The van der Waals surface area contributed by atoms with E-state index in [1.807, 2.05) is 26.1 Å². The van der Waals surface area contributed by atoms with E-state index in [0.29, 0.717) is 0 Å². The van der Waals surface area contributed by atoms with Crippen molar-refractivity contribution in [2.24, 2.45) is 0 Å². The van der Waals surface area contributed by atoms with Crippen LogP contribution in [0.2, 0.25) is 19.6 Å². The highest BCUT2D eigenvalue weighted by molar-refractivity contribution is 6.89. The quantitative estimate of drug-likeness (QED) is 0.491. The molecule has 134 valence electrons. The maximum Gasteiger partial charge on any atom is 0.0799 e. The number of hydrogen-bond acceptors (Lipinski definition) is 1. The van der Waals surface area contributed by atoms with Crippen molar-refractivity contribution in [2.45, 2.75) is 46.3 Å². The molecule has 0 saturated heterocycles. The number of aryl methyl sites for hydroxylation is 1. The van der Waals surface area contributed by atoms with Crippen LogP contribution in [0.15, 0.2) is 60.8 Å². The summed E-state index contributed by atoms with van der Waals surface area (Å²) in [5.74, 6) is -0.639. The lowest BCUT2D eigenvalue weighted by atomic mass is 9.95. The number of aromatic nitrogens is 1. The first-order valence-electron chi connectivity index (χ1n) is 9.75. The van der Waals surface area contributed by atoms with Crippen molar-refractivity contribution < 1.29 is 1.37 Å². The molecular weight excluding hydrogens is 330 g/mol. The van der Waals surface area contributed by atoms with Gasteiger partial charge in [-0.2, -0.15) is 0 Å². The highest BCUT2D eigenvalue weighted by Gasteiger charge is 2.22. The van der Waals surface area contributed by atoms with Crippen LogP contribution in [0.25, 0.3) is 22.4 Å². The molecular formula is C24H29NSi. The van der Waals surface area contributed by atoms with Crippen molar-refractivity contribution in [1.29, 1.82) is 0 Å². The lowest BCUT2D eigenvalue weighted by molar-refractivity contribution is 0.870. The van der Waals surface area contributed by atoms with Crippen LogP contribution in [0, 0.1) is 6.92 Å². The molecule has 0 N–H and O–H groups in total. The molecule has 0 unspecified atom stereocenters. The van der Waals surface area contributed by atoms with Crippen molar-refractivity contribution in [3.63, 3.8) is 0 Å². The fraction of sp³-hybridized carbons (Fsp3) is 0.292. The molecule has 2 aromatic carbocycles. The first-order chi connectivity index (χ1) is 12.6. The predicted octanol–water partition coefficient (Wildman–Crippen LogP) is 6.39. The van der Waals surface area contributed by atoms with Crippen LogP contribution in [0.3, 0.4) is 0 Å². The van der Waals surface area contributed by atoms with Gasteiger partial charge in [-0.25, -0.2) is 0 Å². The topological polar surface area (TPSA) is 12.9 Å². The summed E-state index contributed by atoms with van der Waals surface area (Å²) in [7, 11) is -1.57. The van der Waals surface area contributed by atoms with Crippen molar-refractivity contribution in [1.82, 2.24) is 4.98 Å². The van der Waals surface area contributed by atoms with E-state index in [2.05, 4.69) is 75.1 Å². The number of hydrogen-bond donors (Lipinski definition) is 0. The van der Waals surface area contributed by atoms with Crippen LogP contribution in [0.1, 0.15) is 32.2 Å². The molecule has 26 heavy (non-hydrogen) atoms. The lowest BCUT2D eigenvalue weighted by Gasteiger charge is -2.23. The maximum atomic E-state index is 8.66. The largest absolute Gasteiger partial charge is 0.256 e. The van der Waals surface area contributed by atoms with E-state index in [4.69, 9.17) is 6.35 Å². The Morgan fingerprint density at radius 1 is 0.923 bits per heavy atom. The van der Waals surface area contributed by atoms with Gasteiger partial charge in [0, 0.05) is 13.1 Å². The molecule has 0 aliphatic rings. The lowest BCUT2D eigenvalue weighted by Crippen LogP contribution is -2.40. The number of rotatable bonds is 4. The van der Waals surface area contributed by atoms with Gasteiger partial charge >= 0.3 is 0 Å². The van der Waals surface area contributed by atoms with E-state index in [-0.39, 0.29) is 0 Å². The van der Waals surface area contributed by atoms with Crippen LogP contribution in [0.4, 0.5) is 0 Å². The molecule has 0 atom stereocenters. The summed E-state index contributed by atoms with van der Waals surface area (Å²) in [5, 5.41) is 1.28. The van der Waals surface area contributed by atoms with Gasteiger partial charge in [-0.3, -0.25) is 4.98 Å². The Hall–Kier alpha value is -2.19. The zero-order chi connectivity index (χ0) is 19.8. The molecule has 1 heterocycles. The second kappa shape index (κ2) is 7.20. The standard InChI is InChI=1S/C24H29NSi/c1-17(2)21-15-23(25-16-24(21)26(4,5)6)20-13-12-18(3)22(14-20)19-10-8-7-9-11-19/h7-17H,1-6H3/i17D. The summed E-state index contributed by atoms with van der Waals surface area (Å²) in [6, 6.07) is 19.1.